The number of aryl methyl sites for hydroxylation is 3. The summed E-state index contributed by atoms with van der Waals surface area (Å²) in [5.74, 6) is 1.94. The molecule has 0 unspecified atom stereocenters. The van der Waals surface area contributed by atoms with Crippen LogP contribution < -0.4 is 10.2 Å². The fraction of sp³-hybridized carbons (Fsp3) is 0.625. The lowest BCUT2D eigenvalue weighted by Gasteiger charge is -2.13. The predicted molar refractivity (Wildman–Crippen MR) is 89.6 cm³/mol. The Balaban J connectivity index is 1.87. The number of anilines is 1. The molecule has 1 aliphatic rings. The van der Waals surface area contributed by atoms with Crippen molar-refractivity contribution in [2.45, 2.75) is 39.0 Å². The number of nitrogens with zero attached hydrogens (tertiary/aromatic N) is 2. The van der Waals surface area contributed by atoms with Crippen LogP contribution in [-0.4, -0.2) is 37.2 Å². The molecule has 3 rings (SSSR count). The molecule has 2 aromatic heterocycles. The van der Waals surface area contributed by atoms with Crippen LogP contribution in [0.1, 0.15) is 35.5 Å². The van der Waals surface area contributed by atoms with E-state index in [9.17, 15) is 0 Å². The molecule has 1 aliphatic carbocycles. The fourth-order valence-electron chi connectivity index (χ4n) is 3.04. The molecule has 2 aromatic rings. The van der Waals surface area contributed by atoms with Crippen molar-refractivity contribution in [2.75, 3.05) is 32.5 Å². The summed E-state index contributed by atoms with van der Waals surface area (Å²) in [4.78, 5) is 13.5. The first kappa shape index (κ1) is 14.7. The zero-order valence-electron chi connectivity index (χ0n) is 13.3. The van der Waals surface area contributed by atoms with Gasteiger partial charge in [0.2, 0.25) is 0 Å². The van der Waals surface area contributed by atoms with Crippen molar-refractivity contribution in [1.82, 2.24) is 9.97 Å². The van der Waals surface area contributed by atoms with Crippen LogP contribution in [0.15, 0.2) is 0 Å². The first-order valence-electron chi connectivity index (χ1n) is 7.97. The molecule has 0 aliphatic heterocycles. The fourth-order valence-corrected chi connectivity index (χ4v) is 4.35. The SMILES string of the molecule is Cc1nc(NCCC[NH+](C)C)c2c3c(sc2n1)CCCC3. The molecule has 0 amide bonds. The Hall–Kier alpha value is -1.20. The Kier molecular flexibility index (Phi) is 4.40. The maximum atomic E-state index is 4.68. The van der Waals surface area contributed by atoms with E-state index < -0.39 is 0 Å². The standard InChI is InChI=1S/C16H24N4S/c1-11-18-15(17-9-6-10-20(2)3)14-12-7-4-5-8-13(12)21-16(14)19-11/h4-10H2,1-3H3,(H,17,18,19)/p+1. The largest absolute Gasteiger partial charge is 0.369 e. The summed E-state index contributed by atoms with van der Waals surface area (Å²) in [5, 5.41) is 4.87. The molecular weight excluding hydrogens is 280 g/mol. The second kappa shape index (κ2) is 6.28. The van der Waals surface area contributed by atoms with Gasteiger partial charge < -0.3 is 10.2 Å². The van der Waals surface area contributed by atoms with Crippen LogP contribution in [0.2, 0.25) is 0 Å². The highest BCUT2D eigenvalue weighted by molar-refractivity contribution is 7.19. The summed E-state index contributed by atoms with van der Waals surface area (Å²) >= 11 is 1.88. The zero-order chi connectivity index (χ0) is 14.8. The summed E-state index contributed by atoms with van der Waals surface area (Å²) < 4.78 is 0. The molecule has 0 radical (unpaired) electrons. The van der Waals surface area contributed by atoms with Gasteiger partial charge in [-0.2, -0.15) is 0 Å². The van der Waals surface area contributed by atoms with Gasteiger partial charge in [-0.15, -0.1) is 11.3 Å². The van der Waals surface area contributed by atoms with Gasteiger partial charge in [-0.25, -0.2) is 9.97 Å². The minimum Gasteiger partial charge on any atom is -0.369 e. The van der Waals surface area contributed by atoms with Crippen LogP contribution in [0, 0.1) is 6.92 Å². The van der Waals surface area contributed by atoms with Crippen molar-refractivity contribution in [3.63, 3.8) is 0 Å². The van der Waals surface area contributed by atoms with Gasteiger partial charge in [-0.05, 0) is 38.2 Å². The lowest BCUT2D eigenvalue weighted by molar-refractivity contribution is -0.858. The summed E-state index contributed by atoms with van der Waals surface area (Å²) in [5.41, 5.74) is 1.52. The average Bonchev–Trinajstić information content (AvgIpc) is 2.81. The Morgan fingerprint density at radius 2 is 2.00 bits per heavy atom. The van der Waals surface area contributed by atoms with Crippen LogP contribution in [0.25, 0.3) is 10.2 Å². The van der Waals surface area contributed by atoms with Crippen molar-refractivity contribution in [2.24, 2.45) is 0 Å². The first-order chi connectivity index (χ1) is 10.1. The Bertz CT molecular complexity index is 633. The highest BCUT2D eigenvalue weighted by Crippen LogP contribution is 2.38. The number of hydrogen-bond donors (Lipinski definition) is 2. The summed E-state index contributed by atoms with van der Waals surface area (Å²) in [6.45, 7) is 4.16. The molecule has 0 fully saturated rings. The molecule has 2 N–H and O–H groups in total. The predicted octanol–water partition coefficient (Wildman–Crippen LogP) is 1.83. The summed E-state index contributed by atoms with van der Waals surface area (Å²) in [6, 6.07) is 0. The van der Waals surface area contributed by atoms with Crippen LogP contribution in [-0.2, 0) is 12.8 Å². The van der Waals surface area contributed by atoms with Gasteiger partial charge in [0, 0.05) is 17.8 Å². The van der Waals surface area contributed by atoms with E-state index in [1.165, 1.54) is 64.2 Å². The average molecular weight is 305 g/mol. The highest BCUT2D eigenvalue weighted by atomic mass is 32.1. The second-order valence-corrected chi connectivity index (χ2v) is 7.33. The van der Waals surface area contributed by atoms with E-state index in [0.29, 0.717) is 0 Å². The smallest absolute Gasteiger partial charge is 0.138 e. The van der Waals surface area contributed by atoms with Gasteiger partial charge in [0.05, 0.1) is 26.0 Å². The van der Waals surface area contributed by atoms with E-state index in [0.717, 1.165) is 18.2 Å². The van der Waals surface area contributed by atoms with Crippen molar-refractivity contribution in [1.29, 1.82) is 0 Å². The quantitative estimate of drug-likeness (QED) is 0.828. The topological polar surface area (TPSA) is 42.2 Å². The number of nitrogens with one attached hydrogen (secondary N) is 2. The third-order valence-corrected chi connectivity index (χ3v) is 5.26. The monoisotopic (exact) mass is 305 g/mol. The second-order valence-electron chi connectivity index (χ2n) is 6.25. The van der Waals surface area contributed by atoms with Crippen LogP contribution in [0.4, 0.5) is 5.82 Å². The molecule has 0 bridgehead atoms. The van der Waals surface area contributed by atoms with Gasteiger partial charge in [-0.1, -0.05) is 0 Å². The van der Waals surface area contributed by atoms with E-state index in [2.05, 4.69) is 29.4 Å². The molecule has 0 aromatic carbocycles. The maximum absolute atomic E-state index is 4.68. The molecule has 0 spiro atoms. The molecule has 0 saturated carbocycles. The van der Waals surface area contributed by atoms with Gasteiger partial charge in [0.15, 0.2) is 0 Å². The molecule has 0 saturated heterocycles. The van der Waals surface area contributed by atoms with E-state index in [1.807, 2.05) is 18.3 Å². The van der Waals surface area contributed by atoms with Crippen LogP contribution >= 0.6 is 11.3 Å². The number of rotatable bonds is 5. The molecule has 2 heterocycles. The number of thiophene rings is 1. The van der Waals surface area contributed by atoms with E-state index in [1.54, 1.807) is 0 Å². The van der Waals surface area contributed by atoms with Gasteiger partial charge in [-0.3, -0.25) is 0 Å². The Morgan fingerprint density at radius 1 is 1.19 bits per heavy atom. The van der Waals surface area contributed by atoms with E-state index in [4.69, 9.17) is 0 Å². The molecule has 4 nitrogen and oxygen atoms in total. The lowest BCUT2D eigenvalue weighted by atomic mass is 9.97. The minimum absolute atomic E-state index is 0.877. The Morgan fingerprint density at radius 3 is 2.81 bits per heavy atom. The van der Waals surface area contributed by atoms with E-state index >= 15 is 0 Å². The summed E-state index contributed by atoms with van der Waals surface area (Å²) in [7, 11) is 4.39. The molecule has 21 heavy (non-hydrogen) atoms. The maximum Gasteiger partial charge on any atom is 0.138 e. The molecule has 0 atom stereocenters. The lowest BCUT2D eigenvalue weighted by Crippen LogP contribution is -3.05. The third kappa shape index (κ3) is 3.19. The van der Waals surface area contributed by atoms with Crippen molar-refractivity contribution >= 4 is 27.4 Å². The van der Waals surface area contributed by atoms with Crippen LogP contribution in [0.5, 0.6) is 0 Å². The van der Waals surface area contributed by atoms with Gasteiger partial charge >= 0.3 is 0 Å². The number of quaternary nitrogens is 1. The highest BCUT2D eigenvalue weighted by Gasteiger charge is 2.20. The molecule has 5 heteroatoms. The van der Waals surface area contributed by atoms with Crippen LogP contribution in [0.3, 0.4) is 0 Å². The van der Waals surface area contributed by atoms with Gasteiger partial charge in [0.25, 0.3) is 0 Å². The third-order valence-electron chi connectivity index (χ3n) is 4.07. The molecule has 114 valence electrons. The zero-order valence-corrected chi connectivity index (χ0v) is 14.1. The summed E-state index contributed by atoms with van der Waals surface area (Å²) in [6.07, 6.45) is 6.20. The Labute approximate surface area is 130 Å². The number of aromatic nitrogens is 2. The minimum atomic E-state index is 0.877. The first-order valence-corrected chi connectivity index (χ1v) is 8.78. The number of hydrogen-bond acceptors (Lipinski definition) is 4. The number of fused-ring (bicyclic) bond motifs is 3. The van der Waals surface area contributed by atoms with Crippen molar-refractivity contribution in [3.05, 3.63) is 16.3 Å². The van der Waals surface area contributed by atoms with Gasteiger partial charge in [0.1, 0.15) is 16.5 Å². The van der Waals surface area contributed by atoms with Crippen molar-refractivity contribution in [3.8, 4) is 0 Å². The van der Waals surface area contributed by atoms with E-state index in [-0.39, 0.29) is 0 Å². The molecular formula is C16H25N4S+. The van der Waals surface area contributed by atoms with Crippen molar-refractivity contribution < 1.29 is 4.90 Å². The normalized spacial score (nSPS) is 14.7.